The second kappa shape index (κ2) is 12.9. The summed E-state index contributed by atoms with van der Waals surface area (Å²) in [6.45, 7) is 7.47. The number of benzene rings is 1. The Hall–Kier alpha value is -3.14. The minimum Gasteiger partial charge on any atom is -0.387 e. The molecule has 1 heterocycles. The molecule has 1 atom stereocenters. The van der Waals surface area contributed by atoms with Gasteiger partial charge in [-0.3, -0.25) is 14.9 Å². The highest BCUT2D eigenvalue weighted by Crippen LogP contribution is 2.20. The zero-order valence-corrected chi connectivity index (χ0v) is 20.9. The van der Waals surface area contributed by atoms with Gasteiger partial charge < -0.3 is 24.7 Å². The summed E-state index contributed by atoms with van der Waals surface area (Å²) in [5, 5.41) is 18.4. The van der Waals surface area contributed by atoms with E-state index in [1.54, 1.807) is 31.1 Å². The molecule has 9 heteroatoms. The van der Waals surface area contributed by atoms with Crippen LogP contribution in [0.4, 0.5) is 0 Å². The fourth-order valence-electron chi connectivity index (χ4n) is 3.14. The second-order valence-corrected chi connectivity index (χ2v) is 9.12. The first-order valence-electron chi connectivity index (χ1n) is 10.8. The summed E-state index contributed by atoms with van der Waals surface area (Å²) in [4.78, 5) is 30.6. The lowest BCUT2D eigenvalue weighted by Crippen LogP contribution is -2.46. The quantitative estimate of drug-likeness (QED) is 0.121. The van der Waals surface area contributed by atoms with E-state index < -0.39 is 18.6 Å². The van der Waals surface area contributed by atoms with Crippen LogP contribution in [0.5, 0.6) is 0 Å². The Kier molecular flexibility index (Phi) is 10.3. The van der Waals surface area contributed by atoms with Gasteiger partial charge in [0.25, 0.3) is 0 Å². The lowest BCUT2D eigenvalue weighted by atomic mass is 10.1. The maximum atomic E-state index is 12.4. The van der Waals surface area contributed by atoms with Crippen LogP contribution in [-0.2, 0) is 16.1 Å². The summed E-state index contributed by atoms with van der Waals surface area (Å²) in [7, 11) is 3.59. The third-order valence-electron chi connectivity index (χ3n) is 5.08. The Morgan fingerprint density at radius 2 is 2.00 bits per heavy atom. The number of rotatable bonds is 12. The van der Waals surface area contributed by atoms with E-state index in [9.17, 15) is 14.7 Å². The predicted octanol–water partition coefficient (Wildman–Crippen LogP) is 2.98. The maximum Gasteiger partial charge on any atom is 0.249 e. The van der Waals surface area contributed by atoms with Crippen LogP contribution in [-0.4, -0.2) is 71.2 Å². The number of nitrogens with zero attached hydrogens (tertiary/aromatic N) is 2. The molecule has 0 saturated heterocycles. The molecule has 182 valence electrons. The average molecular weight is 484 g/mol. The van der Waals surface area contributed by atoms with Crippen molar-refractivity contribution in [1.82, 2.24) is 19.5 Å². The van der Waals surface area contributed by atoms with Crippen molar-refractivity contribution in [3.05, 3.63) is 70.9 Å². The molecule has 4 N–H and O–H groups in total. The fraction of sp³-hybridized carbons (Fsp3) is 0.320. The van der Waals surface area contributed by atoms with E-state index in [1.807, 2.05) is 44.2 Å². The normalized spacial score (nSPS) is 11.9. The van der Waals surface area contributed by atoms with Crippen LogP contribution in [0.1, 0.15) is 29.3 Å². The molecule has 0 radical (unpaired) electrons. The molecule has 0 aliphatic rings. The van der Waals surface area contributed by atoms with Crippen molar-refractivity contribution in [2.24, 2.45) is 0 Å². The molecule has 0 fully saturated rings. The van der Waals surface area contributed by atoms with Gasteiger partial charge in [-0.15, -0.1) is 0 Å². The van der Waals surface area contributed by atoms with Crippen LogP contribution >= 0.6 is 11.9 Å². The van der Waals surface area contributed by atoms with Gasteiger partial charge >= 0.3 is 0 Å². The van der Waals surface area contributed by atoms with Crippen LogP contribution < -0.4 is 4.72 Å². The second-order valence-electron chi connectivity index (χ2n) is 8.18. The fourth-order valence-corrected chi connectivity index (χ4v) is 3.94. The molecular formula is C25H33N5O3S. The van der Waals surface area contributed by atoms with Gasteiger partial charge in [0.1, 0.15) is 24.8 Å². The molecule has 1 unspecified atom stereocenters. The zero-order valence-electron chi connectivity index (χ0n) is 20.1. The molecule has 1 aromatic heterocycles. The van der Waals surface area contributed by atoms with Crippen LogP contribution in [0.2, 0.25) is 0 Å². The molecule has 1 amide bonds. The number of aliphatic hydroxyl groups is 1. The van der Waals surface area contributed by atoms with E-state index in [1.165, 1.54) is 16.8 Å². The molecule has 0 saturated carbocycles. The van der Waals surface area contributed by atoms with Crippen molar-refractivity contribution >= 4 is 36.1 Å². The molecule has 0 bridgehead atoms. The first-order valence-corrected chi connectivity index (χ1v) is 11.6. The van der Waals surface area contributed by atoms with E-state index in [0.29, 0.717) is 12.1 Å². The molecule has 2 aromatic rings. The van der Waals surface area contributed by atoms with Crippen molar-refractivity contribution in [2.45, 2.75) is 31.5 Å². The van der Waals surface area contributed by atoms with E-state index in [-0.39, 0.29) is 13.1 Å². The number of hydrogen-bond acceptors (Lipinski definition) is 6. The molecule has 2 rings (SSSR count). The van der Waals surface area contributed by atoms with Crippen LogP contribution in [0.3, 0.4) is 0 Å². The SMILES string of the molecule is C=C(C)/C=C\c1[nH]c(SNCC(C=O)N(Cc2ccc(C(=N)N(C)C)cc2)C(=O)CO)cc1C. The lowest BCUT2D eigenvalue weighted by molar-refractivity contribution is -0.139. The minimum absolute atomic E-state index is 0.169. The highest BCUT2D eigenvalue weighted by molar-refractivity contribution is 7.97. The number of amides is 1. The Balaban J connectivity index is 2.05. The number of hydrogen-bond donors (Lipinski definition) is 4. The number of carbonyl (C=O) groups excluding carboxylic acids is 2. The number of nitrogens with one attached hydrogen (secondary N) is 3. The topological polar surface area (TPSA) is 113 Å². The monoisotopic (exact) mass is 483 g/mol. The van der Waals surface area contributed by atoms with Gasteiger partial charge in [0.05, 0.1) is 5.03 Å². The summed E-state index contributed by atoms with van der Waals surface area (Å²) < 4.78 is 3.14. The number of aryl methyl sites for hydroxylation is 1. The maximum absolute atomic E-state index is 12.4. The summed E-state index contributed by atoms with van der Waals surface area (Å²) in [5.41, 5.74) is 4.55. The van der Waals surface area contributed by atoms with Gasteiger partial charge in [0.2, 0.25) is 5.91 Å². The first kappa shape index (κ1) is 27.1. The Morgan fingerprint density at radius 3 is 2.56 bits per heavy atom. The van der Waals surface area contributed by atoms with Gasteiger partial charge in [-0.2, -0.15) is 0 Å². The zero-order chi connectivity index (χ0) is 25.3. The molecule has 34 heavy (non-hydrogen) atoms. The predicted molar refractivity (Wildman–Crippen MR) is 138 cm³/mol. The van der Waals surface area contributed by atoms with Crippen LogP contribution in [0.15, 0.2) is 53.6 Å². The molecule has 0 aliphatic heterocycles. The smallest absolute Gasteiger partial charge is 0.249 e. The number of aromatic amines is 1. The Labute approximate surface area is 205 Å². The van der Waals surface area contributed by atoms with Crippen molar-refractivity contribution in [1.29, 1.82) is 5.41 Å². The minimum atomic E-state index is -0.759. The number of aliphatic hydroxyl groups excluding tert-OH is 1. The van der Waals surface area contributed by atoms with E-state index in [4.69, 9.17) is 5.41 Å². The number of amidine groups is 1. The first-order chi connectivity index (χ1) is 16.2. The number of allylic oxidation sites excluding steroid dienone is 2. The van der Waals surface area contributed by atoms with Crippen molar-refractivity contribution in [3.8, 4) is 0 Å². The molecular weight excluding hydrogens is 450 g/mol. The van der Waals surface area contributed by atoms with Gasteiger partial charge in [0, 0.05) is 38.4 Å². The van der Waals surface area contributed by atoms with Crippen LogP contribution in [0.25, 0.3) is 6.08 Å². The molecule has 0 aliphatic carbocycles. The van der Waals surface area contributed by atoms with E-state index in [0.717, 1.165) is 33.0 Å². The largest absolute Gasteiger partial charge is 0.387 e. The van der Waals surface area contributed by atoms with Crippen molar-refractivity contribution in [2.75, 3.05) is 27.2 Å². The van der Waals surface area contributed by atoms with Crippen molar-refractivity contribution < 1.29 is 14.7 Å². The summed E-state index contributed by atoms with van der Waals surface area (Å²) in [6.07, 6.45) is 4.60. The highest BCUT2D eigenvalue weighted by atomic mass is 32.2. The van der Waals surface area contributed by atoms with Gasteiger partial charge in [-0.25, -0.2) is 0 Å². The highest BCUT2D eigenvalue weighted by Gasteiger charge is 2.23. The molecule has 1 aromatic carbocycles. The van der Waals surface area contributed by atoms with Crippen LogP contribution in [0, 0.1) is 12.3 Å². The number of carbonyl (C=O) groups is 2. The Bertz CT molecular complexity index is 1040. The third-order valence-corrected chi connectivity index (χ3v) is 5.83. The number of aldehydes is 1. The summed E-state index contributed by atoms with van der Waals surface area (Å²) in [5.74, 6) is -0.156. The average Bonchev–Trinajstić information content (AvgIpc) is 3.17. The van der Waals surface area contributed by atoms with E-state index >= 15 is 0 Å². The summed E-state index contributed by atoms with van der Waals surface area (Å²) in [6, 6.07) is 8.47. The third kappa shape index (κ3) is 7.72. The Morgan fingerprint density at radius 1 is 1.32 bits per heavy atom. The van der Waals surface area contributed by atoms with E-state index in [2.05, 4.69) is 16.3 Å². The standard InChI is InChI=1S/C25H33N5O3S/c1-17(2)6-11-22-18(3)12-23(28-22)34-27-13-21(15-31)30(24(33)16-32)14-19-7-9-20(10-8-19)25(26)29(4)5/h6-12,15,21,26-28,32H,1,13-14,16H2,2-5H3/b11-6-,26-25?. The van der Waals surface area contributed by atoms with Gasteiger partial charge in [-0.1, -0.05) is 42.5 Å². The van der Waals surface area contributed by atoms with Gasteiger partial charge in [0.15, 0.2) is 0 Å². The number of H-pyrrole nitrogens is 1. The molecule has 8 nitrogen and oxygen atoms in total. The number of aromatic nitrogens is 1. The van der Waals surface area contributed by atoms with Crippen molar-refractivity contribution in [3.63, 3.8) is 0 Å². The molecule has 0 spiro atoms. The van der Waals surface area contributed by atoms with Gasteiger partial charge in [-0.05, 0) is 49.1 Å². The lowest BCUT2D eigenvalue weighted by Gasteiger charge is -2.28. The summed E-state index contributed by atoms with van der Waals surface area (Å²) >= 11 is 1.33.